The van der Waals surface area contributed by atoms with Gasteiger partial charge in [0.2, 0.25) is 0 Å². The average molecular weight is 401 g/mol. The van der Waals surface area contributed by atoms with E-state index in [9.17, 15) is 4.79 Å². The highest BCUT2D eigenvalue weighted by molar-refractivity contribution is 7.11. The van der Waals surface area contributed by atoms with Crippen LogP contribution in [0.2, 0.25) is 0 Å². The summed E-state index contributed by atoms with van der Waals surface area (Å²) in [7, 11) is 3.21. The maximum Gasteiger partial charge on any atom is 0.167 e. The predicted molar refractivity (Wildman–Crippen MR) is 111 cm³/mol. The number of nitrogens with zero attached hydrogens (tertiary/aromatic N) is 2. The Kier molecular flexibility index (Phi) is 5.97. The van der Waals surface area contributed by atoms with E-state index in [0.29, 0.717) is 17.1 Å². The number of likely N-dealkylation sites (tertiary alicyclic amines) is 1. The van der Waals surface area contributed by atoms with Gasteiger partial charge in [-0.15, -0.1) is 11.3 Å². The monoisotopic (exact) mass is 400 g/mol. The summed E-state index contributed by atoms with van der Waals surface area (Å²) in [6.45, 7) is 2.71. The lowest BCUT2D eigenvalue weighted by Crippen LogP contribution is -2.38. The van der Waals surface area contributed by atoms with Crippen molar-refractivity contribution in [2.45, 2.75) is 45.1 Å². The van der Waals surface area contributed by atoms with Gasteiger partial charge in [0, 0.05) is 22.9 Å². The van der Waals surface area contributed by atoms with Gasteiger partial charge >= 0.3 is 0 Å². The fraction of sp³-hybridized carbons (Fsp3) is 0.545. The van der Waals surface area contributed by atoms with Crippen LogP contribution >= 0.6 is 11.3 Å². The van der Waals surface area contributed by atoms with Crippen molar-refractivity contribution in [2.75, 3.05) is 27.3 Å². The second-order valence-electron chi connectivity index (χ2n) is 7.69. The summed E-state index contributed by atoms with van der Waals surface area (Å²) in [4.78, 5) is 21.8. The largest absolute Gasteiger partial charge is 0.493 e. The third kappa shape index (κ3) is 4.08. The van der Waals surface area contributed by atoms with E-state index in [-0.39, 0.29) is 11.7 Å². The number of aromatic nitrogens is 1. The van der Waals surface area contributed by atoms with Gasteiger partial charge in [0.15, 0.2) is 17.3 Å². The lowest BCUT2D eigenvalue weighted by Gasteiger charge is -2.31. The third-order valence-electron chi connectivity index (χ3n) is 5.79. The Hall–Kier alpha value is -1.92. The molecular formula is C22H28N2O3S. The molecule has 0 unspecified atom stereocenters. The minimum atomic E-state index is 0.0291. The molecule has 1 atom stereocenters. The maximum atomic E-state index is 13.1. The average Bonchev–Trinajstić information content (AvgIpc) is 3.15. The first-order valence-corrected chi connectivity index (χ1v) is 11.0. The highest BCUT2D eigenvalue weighted by Crippen LogP contribution is 2.31. The molecule has 0 radical (unpaired) electrons. The SMILES string of the molecule is COc1ccc(C(=O)[C@@H]2CCCN(Cc3nc4c(s3)CCCC4)C2)cc1OC. The molecule has 2 aromatic rings. The number of rotatable bonds is 6. The van der Waals surface area contributed by atoms with Gasteiger partial charge in [-0.1, -0.05) is 0 Å². The number of thiazole rings is 1. The lowest BCUT2D eigenvalue weighted by atomic mass is 9.90. The zero-order chi connectivity index (χ0) is 19.5. The van der Waals surface area contributed by atoms with E-state index >= 15 is 0 Å². The van der Waals surface area contributed by atoms with Crippen molar-refractivity contribution in [1.82, 2.24) is 9.88 Å². The van der Waals surface area contributed by atoms with Crippen molar-refractivity contribution in [3.63, 3.8) is 0 Å². The van der Waals surface area contributed by atoms with Crippen LogP contribution in [0.4, 0.5) is 0 Å². The third-order valence-corrected chi connectivity index (χ3v) is 6.94. The number of carbonyl (C=O) groups is 1. The fourth-order valence-electron chi connectivity index (χ4n) is 4.30. The summed E-state index contributed by atoms with van der Waals surface area (Å²) in [5.41, 5.74) is 2.02. The van der Waals surface area contributed by atoms with Gasteiger partial charge in [-0.3, -0.25) is 9.69 Å². The van der Waals surface area contributed by atoms with E-state index in [1.807, 2.05) is 23.5 Å². The second kappa shape index (κ2) is 8.62. The minimum Gasteiger partial charge on any atom is -0.493 e. The molecule has 0 amide bonds. The van der Waals surface area contributed by atoms with E-state index < -0.39 is 0 Å². The summed E-state index contributed by atoms with van der Waals surface area (Å²) in [5.74, 6) is 1.48. The lowest BCUT2D eigenvalue weighted by molar-refractivity contribution is 0.0811. The topological polar surface area (TPSA) is 51.7 Å². The van der Waals surface area contributed by atoms with Crippen molar-refractivity contribution < 1.29 is 14.3 Å². The van der Waals surface area contributed by atoms with Gasteiger partial charge in [0.05, 0.1) is 26.5 Å². The number of hydrogen-bond acceptors (Lipinski definition) is 6. The van der Waals surface area contributed by atoms with Crippen molar-refractivity contribution in [2.24, 2.45) is 5.92 Å². The Morgan fingerprint density at radius 2 is 2.00 bits per heavy atom. The van der Waals surface area contributed by atoms with Crippen LogP contribution in [0.25, 0.3) is 0 Å². The number of hydrogen-bond donors (Lipinski definition) is 0. The molecule has 2 aliphatic rings. The van der Waals surface area contributed by atoms with Gasteiger partial charge in [-0.05, 0) is 63.3 Å². The molecule has 28 heavy (non-hydrogen) atoms. The number of carbonyl (C=O) groups excluding carboxylic acids is 1. The number of ketones is 1. The van der Waals surface area contributed by atoms with Crippen LogP contribution in [-0.4, -0.2) is 43.0 Å². The van der Waals surface area contributed by atoms with Crippen molar-refractivity contribution in [3.05, 3.63) is 39.3 Å². The first kappa shape index (κ1) is 19.4. The molecule has 150 valence electrons. The maximum absolute atomic E-state index is 13.1. The normalized spacial score (nSPS) is 19.9. The van der Waals surface area contributed by atoms with E-state index in [1.165, 1.54) is 34.8 Å². The van der Waals surface area contributed by atoms with E-state index in [0.717, 1.165) is 38.9 Å². The van der Waals surface area contributed by atoms with Crippen LogP contribution in [0, 0.1) is 5.92 Å². The van der Waals surface area contributed by atoms with Gasteiger partial charge in [0.1, 0.15) is 5.01 Å². The van der Waals surface area contributed by atoms with Crippen LogP contribution < -0.4 is 9.47 Å². The first-order chi connectivity index (χ1) is 13.7. The molecule has 5 nitrogen and oxygen atoms in total. The molecule has 0 bridgehead atoms. The van der Waals surface area contributed by atoms with Crippen LogP contribution in [0.1, 0.15) is 51.6 Å². The Labute approximate surface area is 170 Å². The van der Waals surface area contributed by atoms with Crippen molar-refractivity contribution in [1.29, 1.82) is 0 Å². The molecule has 0 spiro atoms. The van der Waals surface area contributed by atoms with Gasteiger partial charge in [-0.2, -0.15) is 0 Å². The van der Waals surface area contributed by atoms with Crippen LogP contribution in [-0.2, 0) is 19.4 Å². The summed E-state index contributed by atoms with van der Waals surface area (Å²) in [6.07, 6.45) is 6.87. The highest BCUT2D eigenvalue weighted by Gasteiger charge is 2.28. The molecule has 1 aliphatic carbocycles. The summed E-state index contributed by atoms with van der Waals surface area (Å²) in [6, 6.07) is 5.46. The molecule has 4 rings (SSSR count). The van der Waals surface area contributed by atoms with Gasteiger partial charge < -0.3 is 9.47 Å². The molecule has 1 aliphatic heterocycles. The molecule has 1 aromatic heterocycles. The molecule has 2 heterocycles. The fourth-order valence-corrected chi connectivity index (χ4v) is 5.50. The highest BCUT2D eigenvalue weighted by atomic mass is 32.1. The quantitative estimate of drug-likeness (QED) is 0.683. The van der Waals surface area contributed by atoms with Crippen molar-refractivity contribution in [3.8, 4) is 11.5 Å². The Balaban J connectivity index is 1.43. The number of fused-ring (bicyclic) bond motifs is 1. The standard InChI is InChI=1S/C22H28N2O3S/c1-26-18-10-9-15(12-19(18)27-2)22(25)16-6-5-11-24(13-16)14-21-23-17-7-3-4-8-20(17)28-21/h9-10,12,16H,3-8,11,13-14H2,1-2H3/t16-/m1/s1. The number of ether oxygens (including phenoxy) is 2. The molecule has 1 aromatic carbocycles. The molecule has 6 heteroatoms. The summed E-state index contributed by atoms with van der Waals surface area (Å²) in [5, 5.41) is 1.21. The van der Waals surface area contributed by atoms with E-state index in [4.69, 9.17) is 14.5 Å². The molecule has 0 saturated carbocycles. The smallest absolute Gasteiger partial charge is 0.167 e. The van der Waals surface area contributed by atoms with Gasteiger partial charge in [0.25, 0.3) is 0 Å². The zero-order valence-corrected chi connectivity index (χ0v) is 17.5. The summed E-state index contributed by atoms with van der Waals surface area (Å²) < 4.78 is 10.6. The van der Waals surface area contributed by atoms with Crippen LogP contribution in [0.5, 0.6) is 11.5 Å². The second-order valence-corrected chi connectivity index (χ2v) is 8.86. The first-order valence-electron chi connectivity index (χ1n) is 10.1. The molecule has 1 fully saturated rings. The molecular weight excluding hydrogens is 372 g/mol. The Morgan fingerprint density at radius 3 is 2.79 bits per heavy atom. The van der Waals surface area contributed by atoms with E-state index in [2.05, 4.69) is 4.90 Å². The number of benzene rings is 1. The molecule has 1 saturated heterocycles. The number of aryl methyl sites for hydroxylation is 2. The Morgan fingerprint density at radius 1 is 1.18 bits per heavy atom. The Bertz CT molecular complexity index is 825. The number of methoxy groups -OCH3 is 2. The predicted octanol–water partition coefficient (Wildman–Crippen LogP) is 4.13. The van der Waals surface area contributed by atoms with Crippen molar-refractivity contribution >= 4 is 17.1 Å². The number of Topliss-reactive ketones (excluding diaryl/α,β-unsaturated/α-hetero) is 1. The van der Waals surface area contributed by atoms with Crippen LogP contribution in [0.3, 0.4) is 0 Å². The van der Waals surface area contributed by atoms with Gasteiger partial charge in [-0.25, -0.2) is 4.98 Å². The minimum absolute atomic E-state index is 0.0291. The molecule has 0 N–H and O–H groups in total. The van der Waals surface area contributed by atoms with Crippen LogP contribution in [0.15, 0.2) is 18.2 Å². The van der Waals surface area contributed by atoms with E-state index in [1.54, 1.807) is 20.3 Å². The zero-order valence-electron chi connectivity index (χ0n) is 16.7. The number of piperidine rings is 1. The summed E-state index contributed by atoms with van der Waals surface area (Å²) >= 11 is 1.88.